The minimum absolute atomic E-state index is 0.0575. The molecule has 1 unspecified atom stereocenters. The summed E-state index contributed by atoms with van der Waals surface area (Å²) in [4.78, 5) is 20.8. The summed E-state index contributed by atoms with van der Waals surface area (Å²) in [7, 11) is 0. The maximum absolute atomic E-state index is 12.9. The topological polar surface area (TPSA) is 113 Å². The van der Waals surface area contributed by atoms with Crippen molar-refractivity contribution in [1.82, 2.24) is 20.1 Å². The lowest BCUT2D eigenvalue weighted by Crippen LogP contribution is -2.47. The Morgan fingerprint density at radius 3 is 2.71 bits per heavy atom. The van der Waals surface area contributed by atoms with Gasteiger partial charge in [0.15, 0.2) is 0 Å². The molecule has 2 aliphatic heterocycles. The molecular formula is C30H34ClN5O4S. The van der Waals surface area contributed by atoms with E-state index in [1.54, 1.807) is 29.8 Å². The average molecular weight is 596 g/mol. The van der Waals surface area contributed by atoms with Gasteiger partial charge in [-0.15, -0.1) is 11.3 Å². The maximum atomic E-state index is 12.9. The number of ether oxygens (including phenoxy) is 1. The molecule has 216 valence electrons. The smallest absolute Gasteiger partial charge is 0.267 e. The fraction of sp³-hybridized carbons (Fsp3) is 0.433. The number of thiophene rings is 1. The Morgan fingerprint density at radius 1 is 1.20 bits per heavy atom. The van der Waals surface area contributed by atoms with Crippen molar-refractivity contribution < 1.29 is 14.9 Å². The van der Waals surface area contributed by atoms with Crippen LogP contribution in [0.15, 0.2) is 47.5 Å². The second-order valence-corrected chi connectivity index (χ2v) is 13.5. The molecule has 4 aromatic rings. The van der Waals surface area contributed by atoms with Crippen molar-refractivity contribution in [2.24, 2.45) is 0 Å². The molecule has 1 fully saturated rings. The molecule has 2 aliphatic rings. The van der Waals surface area contributed by atoms with Crippen molar-refractivity contribution in [3.63, 3.8) is 0 Å². The molecule has 3 aromatic heterocycles. The first-order valence-electron chi connectivity index (χ1n) is 13.8. The van der Waals surface area contributed by atoms with Gasteiger partial charge in [0.25, 0.3) is 5.56 Å². The highest BCUT2D eigenvalue weighted by Crippen LogP contribution is 2.47. The third kappa shape index (κ3) is 5.23. The molecule has 1 saturated heterocycles. The summed E-state index contributed by atoms with van der Waals surface area (Å²) in [5.74, 6) is 0.709. The van der Waals surface area contributed by atoms with Crippen LogP contribution in [-0.2, 0) is 12.0 Å². The molecule has 6 rings (SSSR count). The summed E-state index contributed by atoms with van der Waals surface area (Å²) in [6.45, 7) is 8.09. The largest absolute Gasteiger partial charge is 0.489 e. The summed E-state index contributed by atoms with van der Waals surface area (Å²) in [6.07, 6.45) is 4.16. The molecule has 11 heteroatoms. The van der Waals surface area contributed by atoms with Gasteiger partial charge in [-0.2, -0.15) is 5.10 Å². The number of anilines is 1. The van der Waals surface area contributed by atoms with Crippen molar-refractivity contribution in [3.05, 3.63) is 68.5 Å². The van der Waals surface area contributed by atoms with Crippen LogP contribution in [0.25, 0.3) is 21.3 Å². The van der Waals surface area contributed by atoms with Crippen LogP contribution in [0, 0.1) is 0 Å². The van der Waals surface area contributed by atoms with Crippen LogP contribution in [0.1, 0.15) is 37.6 Å². The number of hydrogen-bond acceptors (Lipinski definition) is 9. The minimum Gasteiger partial charge on any atom is -0.489 e. The standard InChI is InChI=1S/C30H34ClN5O4S/c1-29(2,3)18-8-26(39)36(34-13-18)15-21-11-24-28(41-21)22(4-5-32-24)23-9-19(31)10-25-27(23)35(6-7-40-25)20-12-30(16-37,17-38)33-14-20/h4-5,8-11,13,20,33,37-38H,6-7,12,14-17H2,1-3H3. The number of aliphatic hydroxyl groups is 2. The lowest BCUT2D eigenvalue weighted by Gasteiger charge is -2.38. The monoisotopic (exact) mass is 595 g/mol. The van der Waals surface area contributed by atoms with E-state index in [-0.39, 0.29) is 30.2 Å². The highest BCUT2D eigenvalue weighted by molar-refractivity contribution is 7.19. The quantitative estimate of drug-likeness (QED) is 0.309. The molecule has 0 aliphatic carbocycles. The van der Waals surface area contributed by atoms with Crippen LogP contribution in [0.4, 0.5) is 5.69 Å². The minimum atomic E-state index is -0.709. The van der Waals surface area contributed by atoms with Gasteiger partial charge < -0.3 is 25.2 Å². The Labute approximate surface area is 247 Å². The summed E-state index contributed by atoms with van der Waals surface area (Å²) in [5.41, 5.74) is 3.60. The van der Waals surface area contributed by atoms with Gasteiger partial charge in [0, 0.05) is 51.9 Å². The van der Waals surface area contributed by atoms with Gasteiger partial charge in [0.2, 0.25) is 0 Å². The summed E-state index contributed by atoms with van der Waals surface area (Å²) < 4.78 is 8.57. The van der Waals surface area contributed by atoms with E-state index in [2.05, 4.69) is 41.1 Å². The van der Waals surface area contributed by atoms with Crippen molar-refractivity contribution in [2.75, 3.05) is 37.8 Å². The molecule has 1 aromatic carbocycles. The third-order valence-corrected chi connectivity index (χ3v) is 9.46. The molecule has 0 spiro atoms. The molecule has 0 saturated carbocycles. The van der Waals surface area contributed by atoms with E-state index in [4.69, 9.17) is 16.3 Å². The van der Waals surface area contributed by atoms with Crippen molar-refractivity contribution in [1.29, 1.82) is 0 Å². The van der Waals surface area contributed by atoms with E-state index >= 15 is 0 Å². The molecule has 0 radical (unpaired) electrons. The lowest BCUT2D eigenvalue weighted by atomic mass is 9.89. The Morgan fingerprint density at radius 2 is 2.00 bits per heavy atom. The third-order valence-electron chi connectivity index (χ3n) is 8.10. The number of rotatable bonds is 6. The fourth-order valence-electron chi connectivity index (χ4n) is 5.75. The van der Waals surface area contributed by atoms with E-state index in [1.807, 2.05) is 24.3 Å². The number of pyridine rings is 1. The zero-order valence-corrected chi connectivity index (χ0v) is 24.9. The highest BCUT2D eigenvalue weighted by Gasteiger charge is 2.42. The van der Waals surface area contributed by atoms with E-state index in [0.717, 1.165) is 37.5 Å². The number of hydrogen-bond donors (Lipinski definition) is 3. The van der Waals surface area contributed by atoms with Gasteiger partial charge in [-0.1, -0.05) is 32.4 Å². The van der Waals surface area contributed by atoms with Gasteiger partial charge in [0.05, 0.1) is 53.9 Å². The molecule has 3 N–H and O–H groups in total. The number of aromatic nitrogens is 3. The zero-order chi connectivity index (χ0) is 28.9. The van der Waals surface area contributed by atoms with Crippen molar-refractivity contribution in [2.45, 2.75) is 50.7 Å². The zero-order valence-electron chi connectivity index (χ0n) is 23.4. The summed E-state index contributed by atoms with van der Waals surface area (Å²) in [5, 5.41) is 28.3. The number of halogens is 1. The molecule has 9 nitrogen and oxygen atoms in total. The van der Waals surface area contributed by atoms with E-state index < -0.39 is 5.54 Å². The van der Waals surface area contributed by atoms with Gasteiger partial charge in [-0.05, 0) is 35.6 Å². The number of aliphatic hydroxyl groups excluding tert-OH is 2. The van der Waals surface area contributed by atoms with Gasteiger partial charge in [-0.25, -0.2) is 4.68 Å². The van der Waals surface area contributed by atoms with E-state index in [9.17, 15) is 15.0 Å². The average Bonchev–Trinajstić information content (AvgIpc) is 3.57. The molecule has 0 amide bonds. The Balaban J connectivity index is 1.40. The lowest BCUT2D eigenvalue weighted by molar-refractivity contribution is 0.105. The Bertz CT molecular complexity index is 1660. The Kier molecular flexibility index (Phi) is 7.32. The molecular weight excluding hydrogens is 562 g/mol. The van der Waals surface area contributed by atoms with Crippen LogP contribution >= 0.6 is 22.9 Å². The molecule has 41 heavy (non-hydrogen) atoms. The molecule has 1 atom stereocenters. The summed E-state index contributed by atoms with van der Waals surface area (Å²) in [6, 6.07) is 9.53. The number of nitrogens with one attached hydrogen (secondary N) is 1. The first-order chi connectivity index (χ1) is 19.6. The fourth-order valence-corrected chi connectivity index (χ4v) is 7.08. The van der Waals surface area contributed by atoms with Gasteiger partial charge >= 0.3 is 0 Å². The van der Waals surface area contributed by atoms with Crippen LogP contribution in [-0.4, -0.2) is 69.5 Å². The SMILES string of the molecule is CC(C)(C)c1cnn(Cc2cc3nccc(-c4cc(Cl)cc5c4N(C4CNC(CO)(CO)C4)CCO5)c3s2)c(=O)c1. The number of nitrogens with zero attached hydrogens (tertiary/aromatic N) is 4. The highest BCUT2D eigenvalue weighted by atomic mass is 35.5. The predicted octanol–water partition coefficient (Wildman–Crippen LogP) is 3.80. The van der Waals surface area contributed by atoms with Crippen LogP contribution in [0.5, 0.6) is 5.75 Å². The van der Waals surface area contributed by atoms with E-state index in [0.29, 0.717) is 43.4 Å². The predicted molar refractivity (Wildman–Crippen MR) is 163 cm³/mol. The van der Waals surface area contributed by atoms with Crippen LogP contribution < -0.4 is 20.5 Å². The first kappa shape index (κ1) is 28.1. The van der Waals surface area contributed by atoms with Gasteiger partial charge in [0.1, 0.15) is 12.4 Å². The Hall–Kier alpha value is -3.02. The first-order valence-corrected chi connectivity index (χ1v) is 15.0. The van der Waals surface area contributed by atoms with Crippen LogP contribution in [0.3, 0.4) is 0 Å². The molecule has 0 bridgehead atoms. The van der Waals surface area contributed by atoms with Crippen LogP contribution in [0.2, 0.25) is 5.02 Å². The van der Waals surface area contributed by atoms with Gasteiger partial charge in [-0.3, -0.25) is 9.78 Å². The van der Waals surface area contributed by atoms with E-state index in [1.165, 1.54) is 4.68 Å². The van der Waals surface area contributed by atoms with Crippen molar-refractivity contribution in [3.8, 4) is 16.9 Å². The summed E-state index contributed by atoms with van der Waals surface area (Å²) >= 11 is 8.21. The molecule has 5 heterocycles. The maximum Gasteiger partial charge on any atom is 0.267 e. The second kappa shape index (κ2) is 10.7. The normalized spacial score (nSPS) is 18.5. The number of fused-ring (bicyclic) bond motifs is 2. The number of benzene rings is 1. The van der Waals surface area contributed by atoms with Crippen molar-refractivity contribution >= 4 is 38.8 Å². The second-order valence-electron chi connectivity index (χ2n) is 12.0.